The highest BCUT2D eigenvalue weighted by atomic mass is 35.5. The molecule has 0 bridgehead atoms. The molecular formula is C12H10Cl2O6. The van der Waals surface area contributed by atoms with Gasteiger partial charge in [-0.1, -0.05) is 23.2 Å². The predicted octanol–water partition coefficient (Wildman–Crippen LogP) is 1.85. The van der Waals surface area contributed by atoms with E-state index >= 15 is 0 Å². The number of carbonyl (C=O) groups is 2. The first-order valence-corrected chi connectivity index (χ1v) is 6.21. The molecule has 2 atom stereocenters. The summed E-state index contributed by atoms with van der Waals surface area (Å²) in [6.45, 7) is 0. The molecule has 0 aromatic heterocycles. The van der Waals surface area contributed by atoms with Crippen LogP contribution in [0.4, 0.5) is 0 Å². The van der Waals surface area contributed by atoms with Crippen molar-refractivity contribution in [3.8, 4) is 11.5 Å². The van der Waals surface area contributed by atoms with Gasteiger partial charge in [0.15, 0.2) is 11.5 Å². The van der Waals surface area contributed by atoms with Gasteiger partial charge in [0, 0.05) is 12.1 Å². The van der Waals surface area contributed by atoms with Crippen LogP contribution in [0.3, 0.4) is 0 Å². The summed E-state index contributed by atoms with van der Waals surface area (Å²) in [4.78, 5) is 23.3. The Labute approximate surface area is 124 Å². The van der Waals surface area contributed by atoms with E-state index in [9.17, 15) is 9.59 Å². The molecule has 0 saturated carbocycles. The summed E-state index contributed by atoms with van der Waals surface area (Å²) in [5.74, 6) is -1.15. The number of hydrogen-bond acceptors (Lipinski definition) is 6. The topological polar surface area (TPSA) is 71.1 Å². The third kappa shape index (κ3) is 2.62. The van der Waals surface area contributed by atoms with Crippen molar-refractivity contribution in [3.05, 3.63) is 22.2 Å². The Morgan fingerprint density at radius 2 is 1.30 bits per heavy atom. The summed E-state index contributed by atoms with van der Waals surface area (Å²) < 4.78 is 20.0. The highest BCUT2D eigenvalue weighted by Gasteiger charge is 2.43. The lowest BCUT2D eigenvalue weighted by atomic mass is 10.1. The second-order valence-corrected chi connectivity index (χ2v) is 4.65. The van der Waals surface area contributed by atoms with Gasteiger partial charge in [-0.05, 0) is 0 Å². The average Bonchev–Trinajstić information content (AvgIpc) is 2.45. The van der Waals surface area contributed by atoms with Crippen molar-refractivity contribution in [1.82, 2.24) is 0 Å². The largest absolute Gasteiger partial charge is 0.470 e. The Morgan fingerprint density at radius 1 is 0.950 bits per heavy atom. The molecule has 8 heteroatoms. The number of ether oxygens (including phenoxy) is 4. The van der Waals surface area contributed by atoms with E-state index < -0.39 is 24.1 Å². The maximum atomic E-state index is 11.7. The van der Waals surface area contributed by atoms with Gasteiger partial charge in [-0.2, -0.15) is 0 Å². The first-order valence-electron chi connectivity index (χ1n) is 5.46. The lowest BCUT2D eigenvalue weighted by molar-refractivity contribution is -0.168. The number of carbonyl (C=O) groups excluding carboxylic acids is 2. The fourth-order valence-corrected chi connectivity index (χ4v) is 1.97. The second-order valence-electron chi connectivity index (χ2n) is 3.84. The van der Waals surface area contributed by atoms with E-state index in [0.29, 0.717) is 0 Å². The van der Waals surface area contributed by atoms with Crippen molar-refractivity contribution in [2.45, 2.75) is 12.2 Å². The Kier molecular flexibility index (Phi) is 4.25. The average molecular weight is 321 g/mol. The molecule has 20 heavy (non-hydrogen) atoms. The van der Waals surface area contributed by atoms with Gasteiger partial charge in [0.05, 0.1) is 24.3 Å². The van der Waals surface area contributed by atoms with Crippen LogP contribution in [-0.2, 0) is 19.1 Å². The van der Waals surface area contributed by atoms with E-state index in [1.807, 2.05) is 0 Å². The maximum Gasteiger partial charge on any atom is 0.351 e. The number of halogens is 2. The summed E-state index contributed by atoms with van der Waals surface area (Å²) in [5, 5.41) is 0.461. The number of rotatable bonds is 2. The molecule has 0 fully saturated rings. The molecule has 1 heterocycles. The van der Waals surface area contributed by atoms with Gasteiger partial charge in [-0.25, -0.2) is 9.59 Å². The molecule has 1 aliphatic rings. The van der Waals surface area contributed by atoms with E-state index in [2.05, 4.69) is 9.47 Å². The molecule has 1 aliphatic heterocycles. The summed E-state index contributed by atoms with van der Waals surface area (Å²) >= 11 is 11.7. The highest BCUT2D eigenvalue weighted by molar-refractivity contribution is 6.42. The fourth-order valence-electron chi connectivity index (χ4n) is 1.67. The van der Waals surface area contributed by atoms with E-state index in [1.165, 1.54) is 26.4 Å². The van der Waals surface area contributed by atoms with Crippen molar-refractivity contribution < 1.29 is 28.5 Å². The Hall–Kier alpha value is -1.66. The number of methoxy groups -OCH3 is 2. The van der Waals surface area contributed by atoms with Crippen LogP contribution in [0.2, 0.25) is 10.0 Å². The number of fused-ring (bicyclic) bond motifs is 1. The van der Waals surface area contributed by atoms with Gasteiger partial charge in [0.1, 0.15) is 0 Å². The Bertz CT molecular complexity index is 510. The van der Waals surface area contributed by atoms with Gasteiger partial charge in [0.2, 0.25) is 12.2 Å². The van der Waals surface area contributed by atoms with Crippen molar-refractivity contribution in [2.75, 3.05) is 14.2 Å². The minimum absolute atomic E-state index is 0.190. The van der Waals surface area contributed by atoms with Crippen LogP contribution in [0.15, 0.2) is 12.1 Å². The standard InChI is InChI=1S/C12H10Cl2O6/c1-17-11(15)9-10(12(16)18-2)20-8-4-6(14)5(13)3-7(8)19-9/h3-4,9-10H,1-2H3. The molecule has 0 amide bonds. The number of esters is 2. The summed E-state index contributed by atoms with van der Waals surface area (Å²) in [6, 6.07) is 2.78. The SMILES string of the molecule is COC(=O)C1Oc2cc(Cl)c(Cl)cc2OC1C(=O)OC. The molecule has 0 aliphatic carbocycles. The second kappa shape index (κ2) is 5.76. The van der Waals surface area contributed by atoms with E-state index in [0.717, 1.165) is 0 Å². The lowest BCUT2D eigenvalue weighted by Crippen LogP contribution is -2.50. The zero-order valence-corrected chi connectivity index (χ0v) is 12.0. The normalized spacial score (nSPS) is 20.2. The highest BCUT2D eigenvalue weighted by Crippen LogP contribution is 2.40. The lowest BCUT2D eigenvalue weighted by Gasteiger charge is -2.30. The van der Waals surface area contributed by atoms with Crippen molar-refractivity contribution >= 4 is 35.1 Å². The Morgan fingerprint density at radius 3 is 1.60 bits per heavy atom. The fraction of sp³-hybridized carbons (Fsp3) is 0.333. The van der Waals surface area contributed by atoms with Crippen LogP contribution in [0, 0.1) is 0 Å². The zero-order valence-electron chi connectivity index (χ0n) is 10.5. The summed E-state index contributed by atoms with van der Waals surface area (Å²) in [5.41, 5.74) is 0. The van der Waals surface area contributed by atoms with Crippen LogP contribution in [-0.4, -0.2) is 38.4 Å². The number of benzene rings is 1. The number of hydrogen-bond donors (Lipinski definition) is 0. The van der Waals surface area contributed by atoms with Crippen molar-refractivity contribution in [2.24, 2.45) is 0 Å². The molecule has 2 unspecified atom stereocenters. The van der Waals surface area contributed by atoms with Gasteiger partial charge in [-0.15, -0.1) is 0 Å². The monoisotopic (exact) mass is 320 g/mol. The van der Waals surface area contributed by atoms with E-state index in [4.69, 9.17) is 32.7 Å². The van der Waals surface area contributed by atoms with E-state index in [1.54, 1.807) is 0 Å². The van der Waals surface area contributed by atoms with Crippen LogP contribution < -0.4 is 9.47 Å². The van der Waals surface area contributed by atoms with Crippen molar-refractivity contribution in [1.29, 1.82) is 0 Å². The molecule has 108 valence electrons. The van der Waals surface area contributed by atoms with Crippen LogP contribution in [0.25, 0.3) is 0 Å². The predicted molar refractivity (Wildman–Crippen MR) is 69.3 cm³/mol. The summed E-state index contributed by atoms with van der Waals surface area (Å²) in [7, 11) is 2.34. The molecule has 0 radical (unpaired) electrons. The van der Waals surface area contributed by atoms with Gasteiger partial charge >= 0.3 is 11.9 Å². The molecule has 1 aromatic carbocycles. The molecule has 0 N–H and O–H groups in total. The minimum Gasteiger partial charge on any atom is -0.470 e. The van der Waals surface area contributed by atoms with Gasteiger partial charge in [-0.3, -0.25) is 0 Å². The Balaban J connectivity index is 2.41. The smallest absolute Gasteiger partial charge is 0.351 e. The molecule has 2 rings (SSSR count). The molecular weight excluding hydrogens is 311 g/mol. The van der Waals surface area contributed by atoms with Crippen LogP contribution in [0.1, 0.15) is 0 Å². The summed E-state index contributed by atoms with van der Waals surface area (Å²) in [6.07, 6.45) is -2.56. The molecule has 0 saturated heterocycles. The third-order valence-corrected chi connectivity index (χ3v) is 3.36. The van der Waals surface area contributed by atoms with Crippen LogP contribution in [0.5, 0.6) is 11.5 Å². The first-order chi connectivity index (χ1) is 9.47. The molecule has 1 aromatic rings. The molecule has 6 nitrogen and oxygen atoms in total. The quantitative estimate of drug-likeness (QED) is 0.774. The zero-order chi connectivity index (χ0) is 14.9. The maximum absolute atomic E-state index is 11.7. The van der Waals surface area contributed by atoms with E-state index in [-0.39, 0.29) is 21.5 Å². The van der Waals surface area contributed by atoms with Gasteiger partial charge in [0.25, 0.3) is 0 Å². The minimum atomic E-state index is -1.28. The van der Waals surface area contributed by atoms with Crippen LogP contribution >= 0.6 is 23.2 Å². The van der Waals surface area contributed by atoms with Gasteiger partial charge < -0.3 is 18.9 Å². The molecule has 0 spiro atoms. The van der Waals surface area contributed by atoms with Crippen molar-refractivity contribution in [3.63, 3.8) is 0 Å². The third-order valence-electron chi connectivity index (χ3n) is 2.64. The first kappa shape index (κ1) is 14.7.